The molecular weight excluding hydrogens is 320 g/mol. The zero-order valence-corrected chi connectivity index (χ0v) is 14.6. The van der Waals surface area contributed by atoms with Crippen LogP contribution >= 0.6 is 0 Å². The third-order valence-corrected chi connectivity index (χ3v) is 5.45. The maximum Gasteiger partial charge on any atom is 0.128 e. The van der Waals surface area contributed by atoms with Gasteiger partial charge in [0.1, 0.15) is 11.6 Å². The number of fused-ring (bicyclic) bond motifs is 3. The minimum Gasteiger partial charge on any atom is -0.377 e. The highest BCUT2D eigenvalue weighted by atomic mass is 19.1. The molecule has 2 nitrogen and oxygen atoms in total. The Morgan fingerprint density at radius 3 is 2.72 bits per heavy atom. The second-order valence-electron chi connectivity index (χ2n) is 7.39. The van der Waals surface area contributed by atoms with Gasteiger partial charge in [-0.1, -0.05) is 26.0 Å². The Labute approximate surface area is 147 Å². The average Bonchev–Trinajstić information content (AvgIpc) is 2.62. The van der Waals surface area contributed by atoms with E-state index in [0.717, 1.165) is 24.1 Å². The summed E-state index contributed by atoms with van der Waals surface area (Å²) < 4.78 is 34.3. The number of nitrogens with one attached hydrogen (secondary N) is 1. The van der Waals surface area contributed by atoms with Crippen LogP contribution in [0.1, 0.15) is 61.4 Å². The van der Waals surface area contributed by atoms with E-state index in [1.807, 2.05) is 6.07 Å². The summed E-state index contributed by atoms with van der Waals surface area (Å²) >= 11 is 0. The monoisotopic (exact) mass is 343 g/mol. The van der Waals surface area contributed by atoms with Gasteiger partial charge in [0.25, 0.3) is 0 Å². The summed E-state index contributed by atoms with van der Waals surface area (Å²) in [4.78, 5) is 0. The Bertz CT molecular complexity index is 789. The van der Waals surface area contributed by atoms with E-state index in [9.17, 15) is 8.78 Å². The topological polar surface area (TPSA) is 21.3 Å². The Balaban J connectivity index is 1.80. The molecule has 2 aromatic carbocycles. The number of ether oxygens (including phenoxy) is 1. The standard InChI is InChI=1S/C21H23F2NO/c1-12(2)13-5-8-19-17(10-13)21-15(4-3-9-25-21)20(24-19)16-11-14(22)6-7-18(16)23/h5-8,10-12,15,20-21,24H,3-4,9H2,1-2H3. The first-order chi connectivity index (χ1) is 12.0. The van der Waals surface area contributed by atoms with E-state index >= 15 is 0 Å². The van der Waals surface area contributed by atoms with Gasteiger partial charge in [0, 0.05) is 29.3 Å². The molecule has 4 rings (SSSR count). The summed E-state index contributed by atoms with van der Waals surface area (Å²) in [6.07, 6.45) is 1.80. The van der Waals surface area contributed by atoms with Gasteiger partial charge in [-0.2, -0.15) is 0 Å². The second kappa shape index (κ2) is 6.41. The van der Waals surface area contributed by atoms with Gasteiger partial charge in [-0.15, -0.1) is 0 Å². The molecule has 4 heteroatoms. The van der Waals surface area contributed by atoms with E-state index in [4.69, 9.17) is 4.74 Å². The third-order valence-electron chi connectivity index (χ3n) is 5.45. The minimum absolute atomic E-state index is 0.0728. The van der Waals surface area contributed by atoms with Crippen molar-refractivity contribution in [2.24, 2.45) is 5.92 Å². The molecule has 25 heavy (non-hydrogen) atoms. The van der Waals surface area contributed by atoms with Gasteiger partial charge in [-0.25, -0.2) is 8.78 Å². The van der Waals surface area contributed by atoms with Gasteiger partial charge in [0.2, 0.25) is 0 Å². The van der Waals surface area contributed by atoms with Gasteiger partial charge in [-0.05, 0) is 48.6 Å². The van der Waals surface area contributed by atoms with Crippen molar-refractivity contribution in [1.82, 2.24) is 0 Å². The molecule has 132 valence electrons. The maximum absolute atomic E-state index is 14.4. The first-order valence-electron chi connectivity index (χ1n) is 9.01. The van der Waals surface area contributed by atoms with Crippen LogP contribution in [0, 0.1) is 17.6 Å². The van der Waals surface area contributed by atoms with Crippen molar-refractivity contribution in [3.8, 4) is 0 Å². The largest absolute Gasteiger partial charge is 0.377 e. The lowest BCUT2D eigenvalue weighted by Gasteiger charge is -2.43. The zero-order valence-electron chi connectivity index (χ0n) is 14.6. The van der Waals surface area contributed by atoms with Crippen molar-refractivity contribution < 1.29 is 13.5 Å². The van der Waals surface area contributed by atoms with E-state index in [1.54, 1.807) is 0 Å². The van der Waals surface area contributed by atoms with Crippen molar-refractivity contribution in [2.75, 3.05) is 11.9 Å². The van der Waals surface area contributed by atoms with E-state index in [2.05, 4.69) is 31.3 Å². The highest BCUT2D eigenvalue weighted by Gasteiger charge is 2.40. The molecule has 0 amide bonds. The lowest BCUT2D eigenvalue weighted by atomic mass is 9.76. The van der Waals surface area contributed by atoms with Crippen molar-refractivity contribution in [3.05, 3.63) is 64.7 Å². The number of hydrogen-bond donors (Lipinski definition) is 1. The summed E-state index contributed by atoms with van der Waals surface area (Å²) in [6, 6.07) is 9.75. The number of benzene rings is 2. The fourth-order valence-corrected chi connectivity index (χ4v) is 4.11. The van der Waals surface area contributed by atoms with Gasteiger partial charge >= 0.3 is 0 Å². The van der Waals surface area contributed by atoms with Crippen LogP contribution in [-0.2, 0) is 4.74 Å². The molecular formula is C21H23F2NO. The highest BCUT2D eigenvalue weighted by molar-refractivity contribution is 5.58. The van der Waals surface area contributed by atoms with Crippen LogP contribution in [0.5, 0.6) is 0 Å². The average molecular weight is 343 g/mol. The van der Waals surface area contributed by atoms with Crippen LogP contribution in [0.25, 0.3) is 0 Å². The Morgan fingerprint density at radius 2 is 1.92 bits per heavy atom. The molecule has 3 atom stereocenters. The van der Waals surface area contributed by atoms with Crippen LogP contribution in [0.15, 0.2) is 36.4 Å². The van der Waals surface area contributed by atoms with Crippen LogP contribution in [0.3, 0.4) is 0 Å². The molecule has 1 fully saturated rings. The molecule has 0 saturated carbocycles. The van der Waals surface area contributed by atoms with Crippen LogP contribution in [-0.4, -0.2) is 6.61 Å². The Hall–Kier alpha value is -1.94. The molecule has 0 radical (unpaired) electrons. The first kappa shape index (κ1) is 16.5. The van der Waals surface area contributed by atoms with E-state index in [0.29, 0.717) is 18.1 Å². The molecule has 1 N–H and O–H groups in total. The normalized spacial score (nSPS) is 25.2. The summed E-state index contributed by atoms with van der Waals surface area (Å²) in [7, 11) is 0. The molecule has 2 aromatic rings. The quantitative estimate of drug-likeness (QED) is 0.753. The summed E-state index contributed by atoms with van der Waals surface area (Å²) in [5, 5.41) is 3.46. The highest BCUT2D eigenvalue weighted by Crippen LogP contribution is 2.50. The van der Waals surface area contributed by atoms with Gasteiger partial charge in [0.05, 0.1) is 12.1 Å². The zero-order chi connectivity index (χ0) is 17.6. The van der Waals surface area contributed by atoms with E-state index < -0.39 is 5.82 Å². The predicted octanol–water partition coefficient (Wildman–Crippen LogP) is 5.72. The molecule has 0 aliphatic carbocycles. The lowest BCUT2D eigenvalue weighted by molar-refractivity contribution is -0.0385. The van der Waals surface area contributed by atoms with Crippen LogP contribution in [0.4, 0.5) is 14.5 Å². The predicted molar refractivity (Wildman–Crippen MR) is 94.7 cm³/mol. The van der Waals surface area contributed by atoms with E-state index in [-0.39, 0.29) is 23.9 Å². The number of hydrogen-bond acceptors (Lipinski definition) is 2. The minimum atomic E-state index is -0.410. The fraction of sp³-hybridized carbons (Fsp3) is 0.429. The van der Waals surface area contributed by atoms with Gasteiger partial charge in [-0.3, -0.25) is 0 Å². The molecule has 2 aliphatic rings. The lowest BCUT2D eigenvalue weighted by Crippen LogP contribution is -2.36. The Kier molecular flexibility index (Phi) is 4.24. The van der Waals surface area contributed by atoms with Crippen molar-refractivity contribution in [3.63, 3.8) is 0 Å². The molecule has 1 saturated heterocycles. The van der Waals surface area contributed by atoms with Crippen molar-refractivity contribution in [2.45, 2.75) is 44.8 Å². The van der Waals surface area contributed by atoms with Crippen LogP contribution in [0.2, 0.25) is 0 Å². The second-order valence-corrected chi connectivity index (χ2v) is 7.39. The third kappa shape index (κ3) is 2.93. The molecule has 0 aromatic heterocycles. The summed E-state index contributed by atoms with van der Waals surface area (Å²) in [5.41, 5.74) is 3.76. The van der Waals surface area contributed by atoms with Crippen molar-refractivity contribution in [1.29, 1.82) is 0 Å². The summed E-state index contributed by atoms with van der Waals surface area (Å²) in [5.74, 6) is -0.247. The summed E-state index contributed by atoms with van der Waals surface area (Å²) in [6.45, 7) is 5.05. The number of rotatable bonds is 2. The molecule has 0 bridgehead atoms. The number of anilines is 1. The van der Waals surface area contributed by atoms with Crippen LogP contribution < -0.4 is 5.32 Å². The number of halogens is 2. The van der Waals surface area contributed by atoms with E-state index in [1.165, 1.54) is 23.8 Å². The molecule has 0 spiro atoms. The Morgan fingerprint density at radius 1 is 1.08 bits per heavy atom. The molecule has 2 heterocycles. The SMILES string of the molecule is CC(C)c1ccc2c(c1)C1OCCCC1C(c1cc(F)ccc1F)N2. The maximum atomic E-state index is 14.4. The van der Waals surface area contributed by atoms with Crippen molar-refractivity contribution >= 4 is 5.69 Å². The van der Waals surface area contributed by atoms with Gasteiger partial charge in [0.15, 0.2) is 0 Å². The molecule has 3 unspecified atom stereocenters. The first-order valence-corrected chi connectivity index (χ1v) is 9.01. The fourth-order valence-electron chi connectivity index (χ4n) is 4.11. The smallest absolute Gasteiger partial charge is 0.128 e. The molecule has 2 aliphatic heterocycles. The van der Waals surface area contributed by atoms with Gasteiger partial charge < -0.3 is 10.1 Å².